The van der Waals surface area contributed by atoms with Crippen LogP contribution in [0.4, 0.5) is 0 Å². The Hall–Kier alpha value is -6.84. The molecule has 8 aromatic carbocycles. The zero-order valence-corrected chi connectivity index (χ0v) is 27.6. The molecule has 0 radical (unpaired) electrons. The van der Waals surface area contributed by atoms with Gasteiger partial charge in [-0.2, -0.15) is 0 Å². The van der Waals surface area contributed by atoms with Crippen molar-refractivity contribution < 1.29 is 4.42 Å². The van der Waals surface area contributed by atoms with E-state index in [1.807, 2.05) is 6.07 Å². The van der Waals surface area contributed by atoms with E-state index in [1.54, 1.807) is 0 Å². The second-order valence-corrected chi connectivity index (χ2v) is 13.3. The Bertz CT molecular complexity index is 3130. The minimum absolute atomic E-state index is 0.909. The summed E-state index contributed by atoms with van der Waals surface area (Å²) in [6.07, 6.45) is 0. The molecule has 3 heterocycles. The third-order valence-corrected chi connectivity index (χ3v) is 10.5. The Morgan fingerprint density at radius 3 is 1.65 bits per heavy atom. The second kappa shape index (κ2) is 10.8. The molecule has 3 aromatic heterocycles. The molecule has 0 saturated carbocycles. The van der Waals surface area contributed by atoms with Gasteiger partial charge in [-0.15, -0.1) is 0 Å². The number of rotatable bonds is 4. The lowest BCUT2D eigenvalue weighted by atomic mass is 9.93. The van der Waals surface area contributed by atoms with Gasteiger partial charge in [0.15, 0.2) is 0 Å². The summed E-state index contributed by atoms with van der Waals surface area (Å²) in [6, 6.07) is 65.4. The fourth-order valence-electron chi connectivity index (χ4n) is 8.34. The normalized spacial score (nSPS) is 11.9. The summed E-state index contributed by atoms with van der Waals surface area (Å²) in [5, 5.41) is 7.19. The second-order valence-electron chi connectivity index (χ2n) is 13.3. The van der Waals surface area contributed by atoms with Crippen LogP contribution in [0.5, 0.6) is 0 Å². The van der Waals surface area contributed by atoms with E-state index in [0.29, 0.717) is 0 Å². The van der Waals surface area contributed by atoms with Crippen LogP contribution in [0.3, 0.4) is 0 Å². The van der Waals surface area contributed by atoms with Gasteiger partial charge in [0.2, 0.25) is 0 Å². The maximum absolute atomic E-state index is 6.51. The molecule has 11 aromatic rings. The van der Waals surface area contributed by atoms with E-state index >= 15 is 0 Å². The molecule has 0 N–H and O–H groups in total. The third kappa shape index (κ3) is 4.06. The molecule has 238 valence electrons. The van der Waals surface area contributed by atoms with Crippen molar-refractivity contribution in [2.45, 2.75) is 0 Å². The van der Waals surface area contributed by atoms with Gasteiger partial charge in [-0.1, -0.05) is 127 Å². The average molecular weight is 651 g/mol. The van der Waals surface area contributed by atoms with Crippen molar-refractivity contribution in [3.8, 4) is 33.6 Å². The fraction of sp³-hybridized carbons (Fsp3) is 0. The van der Waals surface area contributed by atoms with E-state index in [9.17, 15) is 0 Å². The molecule has 3 heteroatoms. The number of hydrogen-bond acceptors (Lipinski definition) is 1. The smallest absolute Gasteiger partial charge is 0.143 e. The molecule has 0 bridgehead atoms. The van der Waals surface area contributed by atoms with Crippen molar-refractivity contribution >= 4 is 65.6 Å². The van der Waals surface area contributed by atoms with Crippen LogP contribution in [0, 0.1) is 0 Å². The monoisotopic (exact) mass is 650 g/mol. The topological polar surface area (TPSA) is 23.0 Å². The summed E-state index contributed by atoms with van der Waals surface area (Å²) in [5.41, 5.74) is 13.5. The average Bonchev–Trinajstić information content (AvgIpc) is 3.86. The lowest BCUT2D eigenvalue weighted by Gasteiger charge is -2.14. The van der Waals surface area contributed by atoms with Crippen LogP contribution in [0.15, 0.2) is 186 Å². The van der Waals surface area contributed by atoms with E-state index in [2.05, 4.69) is 185 Å². The minimum Gasteiger partial charge on any atom is -0.455 e. The number of fused-ring (bicyclic) bond motifs is 10. The summed E-state index contributed by atoms with van der Waals surface area (Å²) in [7, 11) is 0. The van der Waals surface area contributed by atoms with E-state index in [-0.39, 0.29) is 0 Å². The van der Waals surface area contributed by atoms with Gasteiger partial charge in [-0.3, -0.25) is 0 Å². The zero-order chi connectivity index (χ0) is 33.5. The Kier molecular flexibility index (Phi) is 5.96. The Morgan fingerprint density at radius 2 is 0.902 bits per heavy atom. The lowest BCUT2D eigenvalue weighted by Crippen LogP contribution is -1.99. The maximum Gasteiger partial charge on any atom is 0.143 e. The number of furan rings is 1. The molecule has 0 aliphatic carbocycles. The molecule has 3 nitrogen and oxygen atoms in total. The quantitative estimate of drug-likeness (QED) is 0.186. The molecule has 11 rings (SSSR count). The maximum atomic E-state index is 6.51. The van der Waals surface area contributed by atoms with Crippen molar-refractivity contribution in [1.29, 1.82) is 0 Å². The van der Waals surface area contributed by atoms with Gasteiger partial charge >= 0.3 is 0 Å². The van der Waals surface area contributed by atoms with Crippen LogP contribution in [-0.2, 0) is 0 Å². The molecule has 0 saturated heterocycles. The standard InChI is InChI=1S/C48H30N2O/c1-3-17-33(18-4-1)49-42-26-10-7-21-36(42)41-30-40(45-39-23-8-11-27-43(39)50(47(45)46(41)49)34-19-5-2-6-20-34)32-16-13-15-31(29-32)35-24-14-25-38-37-22-9-12-28-44(37)51-48(35)38/h1-30H. The molecule has 0 unspecified atom stereocenters. The van der Waals surface area contributed by atoms with Gasteiger partial charge in [0.05, 0.1) is 22.1 Å². The van der Waals surface area contributed by atoms with Crippen molar-refractivity contribution in [3.05, 3.63) is 182 Å². The van der Waals surface area contributed by atoms with Gasteiger partial charge in [-0.05, 0) is 71.3 Å². The highest BCUT2D eigenvalue weighted by molar-refractivity contribution is 6.28. The first-order valence-electron chi connectivity index (χ1n) is 17.4. The van der Waals surface area contributed by atoms with E-state index in [1.165, 1.54) is 54.7 Å². The minimum atomic E-state index is 0.909. The number of nitrogens with zero attached hydrogens (tertiary/aromatic N) is 2. The van der Waals surface area contributed by atoms with Gasteiger partial charge in [0.25, 0.3) is 0 Å². The van der Waals surface area contributed by atoms with Gasteiger partial charge in [0.1, 0.15) is 11.2 Å². The molecule has 51 heavy (non-hydrogen) atoms. The Balaban J connectivity index is 1.30. The predicted molar refractivity (Wildman–Crippen MR) is 213 cm³/mol. The van der Waals surface area contributed by atoms with Crippen molar-refractivity contribution in [1.82, 2.24) is 9.13 Å². The molecule has 0 aliphatic heterocycles. The highest BCUT2D eigenvalue weighted by atomic mass is 16.3. The van der Waals surface area contributed by atoms with Gasteiger partial charge < -0.3 is 13.6 Å². The van der Waals surface area contributed by atoms with Gasteiger partial charge in [0, 0.05) is 49.3 Å². The number of para-hydroxylation sites is 6. The largest absolute Gasteiger partial charge is 0.455 e. The van der Waals surface area contributed by atoms with Crippen LogP contribution >= 0.6 is 0 Å². The number of aromatic nitrogens is 2. The Morgan fingerprint density at radius 1 is 0.353 bits per heavy atom. The summed E-state index contributed by atoms with van der Waals surface area (Å²) >= 11 is 0. The lowest BCUT2D eigenvalue weighted by molar-refractivity contribution is 0.670. The zero-order valence-electron chi connectivity index (χ0n) is 27.6. The summed E-state index contributed by atoms with van der Waals surface area (Å²) in [6.45, 7) is 0. The predicted octanol–water partition coefficient (Wildman–Crippen LogP) is 13.1. The van der Waals surface area contributed by atoms with Crippen LogP contribution in [0.2, 0.25) is 0 Å². The summed E-state index contributed by atoms with van der Waals surface area (Å²) < 4.78 is 11.4. The molecule has 0 spiro atoms. The summed E-state index contributed by atoms with van der Waals surface area (Å²) in [5.74, 6) is 0. The number of hydrogen-bond donors (Lipinski definition) is 0. The third-order valence-electron chi connectivity index (χ3n) is 10.5. The highest BCUT2D eigenvalue weighted by Gasteiger charge is 2.24. The number of benzene rings is 8. The van der Waals surface area contributed by atoms with Crippen LogP contribution in [-0.4, -0.2) is 9.13 Å². The van der Waals surface area contributed by atoms with Crippen LogP contribution < -0.4 is 0 Å². The first kappa shape index (κ1) is 28.0. The molecule has 0 aliphatic rings. The molecular formula is C48H30N2O. The van der Waals surface area contributed by atoms with Crippen molar-refractivity contribution in [3.63, 3.8) is 0 Å². The molecular weight excluding hydrogens is 621 g/mol. The fourth-order valence-corrected chi connectivity index (χ4v) is 8.34. The molecule has 0 fully saturated rings. The van der Waals surface area contributed by atoms with Crippen molar-refractivity contribution in [2.24, 2.45) is 0 Å². The Labute approximate surface area is 293 Å². The molecule has 0 amide bonds. The van der Waals surface area contributed by atoms with Crippen LogP contribution in [0.1, 0.15) is 0 Å². The van der Waals surface area contributed by atoms with Gasteiger partial charge in [-0.25, -0.2) is 0 Å². The van der Waals surface area contributed by atoms with E-state index in [4.69, 9.17) is 4.42 Å². The first-order chi connectivity index (χ1) is 25.3. The first-order valence-corrected chi connectivity index (χ1v) is 17.4. The van der Waals surface area contributed by atoms with Crippen LogP contribution in [0.25, 0.3) is 99.2 Å². The molecule has 0 atom stereocenters. The highest BCUT2D eigenvalue weighted by Crippen LogP contribution is 2.47. The van der Waals surface area contributed by atoms with E-state index in [0.717, 1.165) is 44.4 Å². The summed E-state index contributed by atoms with van der Waals surface area (Å²) in [4.78, 5) is 0. The SMILES string of the molecule is c1ccc(-n2c3ccccc3c3cc(-c4cccc(-c5cccc6c5oc5ccccc56)c4)c4c5ccccc5n(-c5ccccc5)c4c32)cc1. The van der Waals surface area contributed by atoms with Crippen molar-refractivity contribution in [2.75, 3.05) is 0 Å². The van der Waals surface area contributed by atoms with E-state index < -0.39 is 0 Å².